The Morgan fingerprint density at radius 2 is 1.26 bits per heavy atom. The van der Waals surface area contributed by atoms with Gasteiger partial charge in [-0.15, -0.1) is 0 Å². The van der Waals surface area contributed by atoms with Crippen LogP contribution in [0, 0.1) is 0 Å². The maximum atomic E-state index is 14.2. The van der Waals surface area contributed by atoms with E-state index in [4.69, 9.17) is 0 Å². The van der Waals surface area contributed by atoms with Crippen LogP contribution in [0.5, 0.6) is 5.75 Å². The molecule has 0 aliphatic carbocycles. The highest BCUT2D eigenvalue weighted by Crippen LogP contribution is 2.51. The molecule has 0 aliphatic heterocycles. The van der Waals surface area contributed by atoms with Gasteiger partial charge in [0, 0.05) is 0 Å². The number of fused-ring (bicyclic) bond motifs is 1. The molecule has 1 unspecified atom stereocenters. The Bertz CT molecular complexity index is 1540. The van der Waals surface area contributed by atoms with Gasteiger partial charge < -0.3 is 4.18 Å². The number of benzene rings is 2. The number of hydrogen-bond donors (Lipinski definition) is 1. The Morgan fingerprint density at radius 1 is 0.763 bits per heavy atom. The van der Waals surface area contributed by atoms with Gasteiger partial charge in [-0.2, -0.15) is 47.9 Å². The predicted molar refractivity (Wildman–Crippen MR) is 114 cm³/mol. The van der Waals surface area contributed by atoms with E-state index >= 15 is 0 Å². The molecule has 8 nitrogen and oxygen atoms in total. The van der Waals surface area contributed by atoms with Crippen LogP contribution in [0.1, 0.15) is 31.7 Å². The molecule has 1 atom stereocenters. The first-order valence-electron chi connectivity index (χ1n) is 9.80. The lowest BCUT2D eigenvalue weighted by Crippen LogP contribution is -2.64. The average molecular weight is 626 g/mol. The summed E-state index contributed by atoms with van der Waals surface area (Å²) in [5.74, 6) is -8.59. The van der Waals surface area contributed by atoms with Gasteiger partial charge in [0.05, 0.1) is 0 Å². The van der Waals surface area contributed by atoms with Crippen molar-refractivity contribution in [2.75, 3.05) is 0 Å². The van der Waals surface area contributed by atoms with Crippen molar-refractivity contribution in [3.05, 3.63) is 42.0 Å². The van der Waals surface area contributed by atoms with Crippen molar-refractivity contribution >= 4 is 40.9 Å². The summed E-state index contributed by atoms with van der Waals surface area (Å²) in [5.41, 5.74) is -5.84. The molecule has 0 saturated heterocycles. The van der Waals surface area contributed by atoms with E-state index in [1.54, 1.807) is 12.1 Å². The second-order valence-corrected chi connectivity index (χ2v) is 13.0. The maximum Gasteiger partial charge on any atom is 0.512 e. The van der Waals surface area contributed by atoms with Gasteiger partial charge in [-0.3, -0.25) is 0 Å². The van der Waals surface area contributed by atoms with Gasteiger partial charge in [0.15, 0.2) is 0 Å². The number of halogens is 9. The van der Waals surface area contributed by atoms with Crippen LogP contribution in [0.2, 0.25) is 0 Å². The Hall–Kier alpha value is -2.32. The minimum Gasteiger partial charge on any atom is -0.378 e. The minimum absolute atomic E-state index is 0.0789. The number of hydrogen-bond acceptors (Lipinski definition) is 7. The van der Waals surface area contributed by atoms with Crippen molar-refractivity contribution in [1.29, 1.82) is 0 Å². The Morgan fingerprint density at radius 3 is 1.76 bits per heavy atom. The van der Waals surface area contributed by atoms with Gasteiger partial charge in [0.2, 0.25) is 0 Å². The molecule has 0 bridgehead atoms. The highest BCUT2D eigenvalue weighted by atomic mass is 32.3. The highest BCUT2D eigenvalue weighted by Gasteiger charge is 2.83. The minimum atomic E-state index is -7.86. The monoisotopic (exact) mass is 625 g/mol. The lowest BCUT2D eigenvalue weighted by Gasteiger charge is -2.31. The molecule has 0 aromatic heterocycles. The first-order valence-corrected chi connectivity index (χ1v) is 14.2. The van der Waals surface area contributed by atoms with Crippen molar-refractivity contribution in [3.63, 3.8) is 0 Å². The van der Waals surface area contributed by atoms with Crippen LogP contribution in [0.4, 0.5) is 39.5 Å². The fourth-order valence-corrected chi connectivity index (χ4v) is 6.14. The summed E-state index contributed by atoms with van der Waals surface area (Å²) >= 11 is 0. The summed E-state index contributed by atoms with van der Waals surface area (Å²) in [5, 5.41) is -14.0. The van der Waals surface area contributed by atoms with Crippen molar-refractivity contribution < 1.29 is 69.0 Å². The zero-order valence-corrected chi connectivity index (χ0v) is 21.2. The van der Waals surface area contributed by atoms with Crippen LogP contribution in [-0.4, -0.2) is 47.2 Å². The molecule has 0 radical (unpaired) electrons. The topological polar surface area (TPSA) is 124 Å². The van der Waals surface area contributed by atoms with Crippen molar-refractivity contribution in [2.45, 2.75) is 48.1 Å². The Labute approximate surface area is 210 Å². The van der Waals surface area contributed by atoms with Gasteiger partial charge in [-0.25, -0.2) is 16.8 Å². The SMILES string of the molecule is CCC(C)c1ccc2cc(OS(=O)(=O)C(F)(F)C(F)(F)C(F)(F)S(=O)(=O)NS(=O)(=O)C(F)(F)F)ccc2c1. The van der Waals surface area contributed by atoms with E-state index in [2.05, 4.69) is 4.18 Å². The first-order chi connectivity index (χ1) is 16.8. The van der Waals surface area contributed by atoms with Gasteiger partial charge in [0.1, 0.15) is 5.75 Å². The third kappa shape index (κ3) is 5.39. The number of nitrogens with one attached hydrogen (secondary N) is 1. The normalized spacial score (nSPS) is 15.4. The van der Waals surface area contributed by atoms with E-state index in [0.717, 1.165) is 24.1 Å². The lowest BCUT2D eigenvalue weighted by atomic mass is 9.96. The molecule has 0 amide bonds. The smallest absolute Gasteiger partial charge is 0.378 e. The molecular formula is C18H16F9NO7S3. The van der Waals surface area contributed by atoms with Gasteiger partial charge in [0.25, 0.3) is 10.0 Å². The molecule has 0 spiro atoms. The fourth-order valence-electron chi connectivity index (χ4n) is 2.75. The van der Waals surface area contributed by atoms with Crippen LogP contribution in [0.25, 0.3) is 10.8 Å². The molecule has 0 aliphatic rings. The highest BCUT2D eigenvalue weighted by molar-refractivity contribution is 8.05. The van der Waals surface area contributed by atoms with Crippen molar-refractivity contribution in [2.24, 2.45) is 0 Å². The van der Waals surface area contributed by atoms with Gasteiger partial charge in [-0.05, 0) is 40.8 Å². The summed E-state index contributed by atoms with van der Waals surface area (Å²) in [4.78, 5) is 0. The van der Waals surface area contributed by atoms with E-state index in [1.807, 2.05) is 13.8 Å². The molecule has 0 heterocycles. The molecular weight excluding hydrogens is 609 g/mol. The summed E-state index contributed by atoms with van der Waals surface area (Å²) in [6.07, 6.45) is 0.728. The largest absolute Gasteiger partial charge is 0.512 e. The van der Waals surface area contributed by atoms with E-state index in [-0.39, 0.29) is 11.3 Å². The molecule has 20 heteroatoms. The van der Waals surface area contributed by atoms with Crippen LogP contribution in [-0.2, 0) is 30.2 Å². The van der Waals surface area contributed by atoms with Gasteiger partial charge >= 0.3 is 42.1 Å². The van der Waals surface area contributed by atoms with E-state index < -0.39 is 62.0 Å². The third-order valence-corrected chi connectivity index (χ3v) is 9.72. The summed E-state index contributed by atoms with van der Waals surface area (Å²) in [6, 6.07) is 7.08. The molecule has 0 fully saturated rings. The zero-order valence-electron chi connectivity index (χ0n) is 18.7. The summed E-state index contributed by atoms with van der Waals surface area (Å²) in [6.45, 7) is 3.75. The van der Waals surface area contributed by atoms with Crippen LogP contribution >= 0.6 is 0 Å². The lowest BCUT2D eigenvalue weighted by molar-refractivity contribution is -0.245. The average Bonchev–Trinajstić information content (AvgIpc) is 2.75. The number of rotatable bonds is 10. The Balaban J connectivity index is 2.48. The van der Waals surface area contributed by atoms with Crippen LogP contribution in [0.15, 0.2) is 36.4 Å². The molecule has 2 aromatic carbocycles. The van der Waals surface area contributed by atoms with E-state index in [0.29, 0.717) is 11.5 Å². The molecule has 216 valence electrons. The van der Waals surface area contributed by atoms with Gasteiger partial charge in [-0.1, -0.05) is 42.2 Å². The first kappa shape index (κ1) is 31.9. The standard InChI is InChI=1S/C18H16F9NO7S3/c1-3-10(2)11-4-5-13-9-14(7-6-12(13)8-11)35-38(33,34)17(23,24)15(19,20)16(21,22)36(29,30)28-37(31,32)18(25,26)27/h4-10,28H,3H2,1-2H3. The van der Waals surface area contributed by atoms with Crippen LogP contribution in [0.3, 0.4) is 0 Å². The summed E-state index contributed by atoms with van der Waals surface area (Å²) in [7, 11) is -22.4. The summed E-state index contributed by atoms with van der Waals surface area (Å²) < 4.78 is 193. The van der Waals surface area contributed by atoms with Crippen molar-refractivity contribution in [3.8, 4) is 5.75 Å². The molecule has 38 heavy (non-hydrogen) atoms. The molecule has 0 saturated carbocycles. The maximum absolute atomic E-state index is 14.2. The number of sulfonamides is 2. The zero-order chi connectivity index (χ0) is 29.8. The Kier molecular flexibility index (Phi) is 8.14. The predicted octanol–water partition coefficient (Wildman–Crippen LogP) is 4.65. The second kappa shape index (κ2) is 9.70. The molecule has 2 aromatic rings. The fraction of sp³-hybridized carbons (Fsp3) is 0.444. The third-order valence-electron chi connectivity index (χ3n) is 5.13. The van der Waals surface area contributed by atoms with Crippen molar-refractivity contribution in [1.82, 2.24) is 4.13 Å². The quantitative estimate of drug-likeness (QED) is 0.301. The molecule has 1 N–H and O–H groups in total. The second-order valence-electron chi connectivity index (χ2n) is 7.76. The van der Waals surface area contributed by atoms with E-state index in [9.17, 15) is 64.8 Å². The van der Waals surface area contributed by atoms with E-state index in [1.165, 1.54) is 6.07 Å². The van der Waals surface area contributed by atoms with Crippen LogP contribution < -0.4 is 8.31 Å². The number of alkyl halides is 9. The molecule has 2 rings (SSSR count).